The van der Waals surface area contributed by atoms with Crippen LogP contribution in [0.4, 0.5) is 11.4 Å². The average Bonchev–Trinajstić information content (AvgIpc) is 3.27. The van der Waals surface area contributed by atoms with Gasteiger partial charge in [-0.2, -0.15) is 0 Å². The highest BCUT2D eigenvalue weighted by atomic mass is 16.5. The second kappa shape index (κ2) is 25.1. The van der Waals surface area contributed by atoms with Crippen molar-refractivity contribution in [1.82, 2.24) is 0 Å². The molecule has 0 aliphatic heterocycles. The topological polar surface area (TPSA) is 255 Å². The summed E-state index contributed by atoms with van der Waals surface area (Å²) in [6, 6.07) is 17.8. The van der Waals surface area contributed by atoms with Crippen molar-refractivity contribution in [3.63, 3.8) is 0 Å². The Hall–Kier alpha value is -7.17. The Morgan fingerprint density at radius 3 is 1.89 bits per heavy atom. The number of hydrogen-bond donors (Lipinski definition) is 3. The van der Waals surface area contributed by atoms with E-state index in [1.54, 1.807) is 30.3 Å². The van der Waals surface area contributed by atoms with Crippen LogP contribution >= 0.6 is 0 Å². The van der Waals surface area contributed by atoms with Gasteiger partial charge in [-0.1, -0.05) is 57.5 Å². The van der Waals surface area contributed by atoms with E-state index in [-0.39, 0.29) is 54.1 Å². The lowest BCUT2D eigenvalue weighted by molar-refractivity contribution is -0.150. The van der Waals surface area contributed by atoms with Gasteiger partial charge in [-0.15, -0.1) is 0 Å². The van der Waals surface area contributed by atoms with Crippen molar-refractivity contribution in [3.8, 4) is 0 Å². The summed E-state index contributed by atoms with van der Waals surface area (Å²) in [6.45, 7) is 5.97. The highest BCUT2D eigenvalue weighted by Gasteiger charge is 2.37. The van der Waals surface area contributed by atoms with E-state index in [0.717, 1.165) is 20.5 Å². The van der Waals surface area contributed by atoms with Gasteiger partial charge in [0.1, 0.15) is 23.3 Å². The van der Waals surface area contributed by atoms with E-state index in [1.165, 1.54) is 63.4 Å². The fraction of sp³-hybridized carbons (Fsp3) is 0.383. The number of Topliss-reactive ketones (excluding diaryl/α,β-unsaturated/α-hetero) is 4. The molecule has 0 saturated carbocycles. The van der Waals surface area contributed by atoms with Gasteiger partial charge in [-0.3, -0.25) is 43.3 Å². The third-order valence-corrected chi connectivity index (χ3v) is 10.2. The number of amides is 2. The van der Waals surface area contributed by atoms with E-state index in [0.29, 0.717) is 12.0 Å². The fourth-order valence-electron chi connectivity index (χ4n) is 6.52. The average molecular weight is 884 g/mol. The first-order chi connectivity index (χ1) is 30.4. The van der Waals surface area contributed by atoms with E-state index in [9.17, 15) is 53.1 Å². The lowest BCUT2D eigenvalue weighted by Crippen LogP contribution is -2.35. The molecule has 0 bridgehead atoms. The normalized spacial score (nSPS) is 12.9. The van der Waals surface area contributed by atoms with Gasteiger partial charge in [0.2, 0.25) is 5.91 Å². The van der Waals surface area contributed by atoms with Crippen molar-refractivity contribution in [3.05, 3.63) is 95.1 Å². The molecule has 3 N–H and O–H groups in total. The molecule has 0 radical (unpaired) electrons. The molecule has 0 aliphatic rings. The molecular formula is C47H53N3O14. The third-order valence-electron chi connectivity index (χ3n) is 10.2. The molecule has 64 heavy (non-hydrogen) atoms. The highest BCUT2D eigenvalue weighted by molar-refractivity contribution is 6.67. The monoisotopic (exact) mass is 883 g/mol. The summed E-state index contributed by atoms with van der Waals surface area (Å²) in [6.07, 6.45) is -0.214. The van der Waals surface area contributed by atoms with Gasteiger partial charge in [0.15, 0.2) is 11.5 Å². The van der Waals surface area contributed by atoms with Crippen LogP contribution in [0.25, 0.3) is 0 Å². The number of nitrogens with zero attached hydrogens (tertiary/aromatic N) is 1. The van der Waals surface area contributed by atoms with Crippen LogP contribution in [0.15, 0.2) is 77.8 Å². The number of carbonyl (C=O) groups is 10. The molecule has 4 atom stereocenters. The number of benzene rings is 3. The van der Waals surface area contributed by atoms with Gasteiger partial charge in [-0.25, -0.2) is 9.59 Å². The zero-order chi connectivity index (χ0) is 47.5. The molecule has 0 aromatic heterocycles. The molecule has 4 unspecified atom stereocenters. The maximum absolute atomic E-state index is 13.6. The van der Waals surface area contributed by atoms with Crippen LogP contribution in [-0.2, 0) is 59.1 Å². The first-order valence-corrected chi connectivity index (χ1v) is 20.6. The number of carbonyl (C=O) groups excluding carboxylic acids is 9. The number of anilines is 2. The van der Waals surface area contributed by atoms with Gasteiger partial charge in [0.05, 0.1) is 50.3 Å². The van der Waals surface area contributed by atoms with Gasteiger partial charge in [-0.05, 0) is 66.4 Å². The first kappa shape index (κ1) is 51.2. The smallest absolute Gasteiger partial charge is 0.338 e. The first-order valence-electron chi connectivity index (χ1n) is 20.6. The van der Waals surface area contributed by atoms with Crippen LogP contribution in [0, 0.1) is 17.8 Å². The van der Waals surface area contributed by atoms with Crippen LogP contribution in [-0.4, -0.2) is 90.5 Å². The molecule has 340 valence electrons. The van der Waals surface area contributed by atoms with Crippen molar-refractivity contribution in [2.24, 2.45) is 22.7 Å². The molecule has 0 saturated heterocycles. The summed E-state index contributed by atoms with van der Waals surface area (Å²) < 4.78 is 14.7. The van der Waals surface area contributed by atoms with E-state index in [2.05, 4.69) is 15.6 Å². The number of carboxylic acids is 1. The summed E-state index contributed by atoms with van der Waals surface area (Å²) >= 11 is 0. The molecule has 0 heterocycles. The van der Waals surface area contributed by atoms with Gasteiger partial charge in [0, 0.05) is 43.5 Å². The Morgan fingerprint density at radius 1 is 0.719 bits per heavy atom. The Morgan fingerprint density at radius 2 is 1.33 bits per heavy atom. The molecule has 3 aromatic rings. The molecule has 2 amide bonds. The number of aliphatic imine (C=N–C) groups is 1. The number of ether oxygens (including phenoxy) is 3. The van der Waals surface area contributed by atoms with Gasteiger partial charge in [0.25, 0.3) is 5.91 Å². The number of carboxylic acid groups (broad SMARTS) is 1. The number of esters is 3. The molecule has 3 aromatic carbocycles. The minimum atomic E-state index is -1.86. The number of ketones is 4. The Labute approximate surface area is 370 Å². The summed E-state index contributed by atoms with van der Waals surface area (Å²) in [5.74, 6) is -13.3. The second-order valence-corrected chi connectivity index (χ2v) is 14.8. The highest BCUT2D eigenvalue weighted by Crippen LogP contribution is 2.28. The van der Waals surface area contributed by atoms with E-state index in [4.69, 9.17) is 14.2 Å². The van der Waals surface area contributed by atoms with Crippen LogP contribution in [0.2, 0.25) is 0 Å². The van der Waals surface area contributed by atoms with Crippen molar-refractivity contribution in [1.29, 1.82) is 0 Å². The number of unbranched alkanes of at least 4 members (excludes halogenated alkanes) is 1. The molecule has 0 spiro atoms. The van der Waals surface area contributed by atoms with E-state index >= 15 is 0 Å². The summed E-state index contributed by atoms with van der Waals surface area (Å²) in [5.41, 5.74) is 0.626. The maximum atomic E-state index is 13.6. The number of nitrogens with one attached hydrogen (secondary N) is 2. The second-order valence-electron chi connectivity index (χ2n) is 14.8. The zero-order valence-electron chi connectivity index (χ0n) is 36.6. The number of rotatable bonds is 25. The quantitative estimate of drug-likeness (QED) is 0.0302. The van der Waals surface area contributed by atoms with Crippen LogP contribution < -0.4 is 10.6 Å². The SMILES string of the molecule is CCCCOC(=O)C(C)CC(=O)C(CC(=O)C(CC(=O)C(CC)C(=O)Nc1ccc(NC(=O)C(=NCc2cc(C(=O)OC)ccc2C(=O)OC)C(C)=O)cc1)C(=O)O)c1ccccc1. The lowest BCUT2D eigenvalue weighted by Gasteiger charge is -2.21. The van der Waals surface area contributed by atoms with Crippen molar-refractivity contribution in [2.75, 3.05) is 31.5 Å². The Bertz CT molecular complexity index is 2250. The molecule has 17 heteroatoms. The van der Waals surface area contributed by atoms with Crippen LogP contribution in [0.5, 0.6) is 0 Å². The largest absolute Gasteiger partial charge is 0.481 e. The standard InChI is InChI=1S/C47H53N3O14/c1-7-9-21-64-45(59)27(3)22-38(52)36(29-13-11-10-12-14-29)24-40(54)37(44(57)58)25-39(53)34(8-2)42(55)49-32-16-18-33(19-17-32)50-43(56)41(28(4)51)48-26-31-23-30(46(60)62-5)15-20-35(31)47(61)63-6/h10-20,23,27,34,36-37H,7-9,21-22,24-26H2,1-6H3,(H,49,55)(H,50,56)(H,57,58). The minimum Gasteiger partial charge on any atom is -0.481 e. The maximum Gasteiger partial charge on any atom is 0.338 e. The van der Waals surface area contributed by atoms with Gasteiger partial charge >= 0.3 is 23.9 Å². The summed E-state index contributed by atoms with van der Waals surface area (Å²) in [5, 5.41) is 15.2. The van der Waals surface area contributed by atoms with Crippen molar-refractivity contribution < 1.29 is 67.3 Å². The van der Waals surface area contributed by atoms with E-state index in [1.807, 2.05) is 6.92 Å². The Kier molecular flexibility index (Phi) is 20.0. The minimum absolute atomic E-state index is 0.0437. The van der Waals surface area contributed by atoms with Crippen molar-refractivity contribution in [2.45, 2.75) is 78.7 Å². The predicted octanol–water partition coefficient (Wildman–Crippen LogP) is 5.73. The summed E-state index contributed by atoms with van der Waals surface area (Å²) in [4.78, 5) is 133. The number of methoxy groups -OCH3 is 2. The summed E-state index contributed by atoms with van der Waals surface area (Å²) in [7, 11) is 2.34. The fourth-order valence-corrected chi connectivity index (χ4v) is 6.52. The zero-order valence-corrected chi connectivity index (χ0v) is 36.6. The lowest BCUT2D eigenvalue weighted by atomic mass is 9.81. The third kappa shape index (κ3) is 14.7. The van der Waals surface area contributed by atoms with Crippen molar-refractivity contribution >= 4 is 75.9 Å². The number of aliphatic carboxylic acids is 1. The van der Waals surface area contributed by atoms with E-state index < -0.39 is 101 Å². The number of hydrogen-bond acceptors (Lipinski definition) is 14. The molecule has 0 aliphatic carbocycles. The van der Waals surface area contributed by atoms with Gasteiger partial charge < -0.3 is 30.0 Å². The van der Waals surface area contributed by atoms with Crippen LogP contribution in [0.3, 0.4) is 0 Å². The molecular weight excluding hydrogens is 831 g/mol. The Balaban J connectivity index is 1.70. The van der Waals surface area contributed by atoms with Crippen LogP contribution in [0.1, 0.15) is 104 Å². The molecule has 0 fully saturated rings. The predicted molar refractivity (Wildman–Crippen MR) is 233 cm³/mol. The molecule has 17 nitrogen and oxygen atoms in total. The molecule has 3 rings (SSSR count).